The Morgan fingerprint density at radius 1 is 1.29 bits per heavy atom. The van der Waals surface area contributed by atoms with Crippen LogP contribution in [0.2, 0.25) is 0 Å². The topological polar surface area (TPSA) is 46.2 Å². The predicted octanol–water partition coefficient (Wildman–Crippen LogP) is 2.97. The van der Waals surface area contributed by atoms with Gasteiger partial charge in [0, 0.05) is 5.92 Å². The van der Waals surface area contributed by atoms with E-state index in [0.29, 0.717) is 6.54 Å². The average Bonchev–Trinajstić information content (AvgIpc) is 3.19. The third-order valence-corrected chi connectivity index (χ3v) is 3.74. The van der Waals surface area contributed by atoms with E-state index in [-0.39, 0.29) is 5.92 Å². The number of hydrogen-bond acceptors (Lipinski definition) is 2. The highest BCUT2D eigenvalue weighted by Crippen LogP contribution is 2.40. The zero-order valence-corrected chi connectivity index (χ0v) is 10.6. The molecule has 0 aromatic heterocycles. The quantitative estimate of drug-likeness (QED) is 0.793. The molecule has 0 radical (unpaired) electrons. The minimum absolute atomic E-state index is 0.187. The maximum atomic E-state index is 10.3. The van der Waals surface area contributed by atoms with E-state index in [4.69, 9.17) is 5.73 Å². The maximum absolute atomic E-state index is 10.3. The van der Waals surface area contributed by atoms with Crippen LogP contribution in [-0.4, -0.2) is 11.7 Å². The van der Waals surface area contributed by atoms with Gasteiger partial charge in [0.1, 0.15) is 0 Å². The molecular formula is C15H23NO. The van der Waals surface area contributed by atoms with E-state index in [1.807, 2.05) is 0 Å². The summed E-state index contributed by atoms with van der Waals surface area (Å²) >= 11 is 0. The van der Waals surface area contributed by atoms with E-state index >= 15 is 0 Å². The average molecular weight is 233 g/mol. The summed E-state index contributed by atoms with van der Waals surface area (Å²) in [6.45, 7) is 2.69. The number of aliphatic hydroxyl groups is 1. The summed E-state index contributed by atoms with van der Waals surface area (Å²) in [5, 5.41) is 10.3. The van der Waals surface area contributed by atoms with Crippen molar-refractivity contribution >= 4 is 0 Å². The van der Waals surface area contributed by atoms with Crippen LogP contribution < -0.4 is 5.73 Å². The van der Waals surface area contributed by atoms with Crippen molar-refractivity contribution in [3.05, 3.63) is 35.4 Å². The van der Waals surface area contributed by atoms with Gasteiger partial charge < -0.3 is 10.8 Å². The first-order chi connectivity index (χ1) is 8.26. The van der Waals surface area contributed by atoms with Crippen molar-refractivity contribution in [3.63, 3.8) is 0 Å². The molecule has 1 fully saturated rings. The second-order valence-electron chi connectivity index (χ2n) is 5.17. The van der Waals surface area contributed by atoms with Crippen molar-refractivity contribution in [2.75, 3.05) is 6.54 Å². The lowest BCUT2D eigenvalue weighted by atomic mass is 9.91. The van der Waals surface area contributed by atoms with Crippen molar-refractivity contribution in [1.82, 2.24) is 0 Å². The Balaban J connectivity index is 2.04. The predicted molar refractivity (Wildman–Crippen MR) is 70.8 cm³/mol. The summed E-state index contributed by atoms with van der Waals surface area (Å²) in [7, 11) is 0. The standard InChI is InChI=1S/C15H23NO/c1-2-3-14(10-16)15(17)13-8-6-12(7-9-13)11-4-5-11/h6-9,11,14-15,17H,2-5,10,16H2,1H3. The van der Waals surface area contributed by atoms with Crippen LogP contribution in [0.3, 0.4) is 0 Å². The Hall–Kier alpha value is -0.860. The molecule has 1 aromatic carbocycles. The van der Waals surface area contributed by atoms with Gasteiger partial charge in [0.2, 0.25) is 0 Å². The molecule has 2 nitrogen and oxygen atoms in total. The summed E-state index contributed by atoms with van der Waals surface area (Å²) in [5.41, 5.74) is 8.15. The molecular weight excluding hydrogens is 210 g/mol. The SMILES string of the molecule is CCCC(CN)C(O)c1ccc(C2CC2)cc1. The first-order valence-electron chi connectivity index (χ1n) is 6.74. The Morgan fingerprint density at radius 2 is 1.94 bits per heavy atom. The van der Waals surface area contributed by atoms with Crippen molar-refractivity contribution < 1.29 is 5.11 Å². The normalized spacial score (nSPS) is 19.0. The molecule has 0 bridgehead atoms. The monoisotopic (exact) mass is 233 g/mol. The van der Waals surface area contributed by atoms with E-state index in [2.05, 4.69) is 31.2 Å². The Kier molecular flexibility index (Phi) is 4.19. The third kappa shape index (κ3) is 3.08. The molecule has 2 unspecified atom stereocenters. The minimum atomic E-state index is -0.409. The lowest BCUT2D eigenvalue weighted by molar-refractivity contribution is 0.107. The van der Waals surface area contributed by atoms with Gasteiger partial charge in [0.05, 0.1) is 6.10 Å². The van der Waals surface area contributed by atoms with Gasteiger partial charge in [-0.3, -0.25) is 0 Å². The van der Waals surface area contributed by atoms with Crippen molar-refractivity contribution in [2.24, 2.45) is 11.7 Å². The minimum Gasteiger partial charge on any atom is -0.388 e. The fourth-order valence-corrected chi connectivity index (χ4v) is 2.43. The molecule has 17 heavy (non-hydrogen) atoms. The molecule has 0 aliphatic heterocycles. The Morgan fingerprint density at radius 3 is 2.41 bits per heavy atom. The van der Waals surface area contributed by atoms with Crippen LogP contribution in [-0.2, 0) is 0 Å². The van der Waals surface area contributed by atoms with Gasteiger partial charge >= 0.3 is 0 Å². The van der Waals surface area contributed by atoms with Gasteiger partial charge in [-0.1, -0.05) is 37.6 Å². The van der Waals surface area contributed by atoms with Gasteiger partial charge in [0.25, 0.3) is 0 Å². The molecule has 2 rings (SSSR count). The lowest BCUT2D eigenvalue weighted by Gasteiger charge is -2.21. The van der Waals surface area contributed by atoms with Crippen molar-refractivity contribution in [1.29, 1.82) is 0 Å². The van der Waals surface area contributed by atoms with Gasteiger partial charge in [-0.05, 0) is 42.9 Å². The van der Waals surface area contributed by atoms with E-state index in [1.165, 1.54) is 18.4 Å². The van der Waals surface area contributed by atoms with Crippen LogP contribution in [0.25, 0.3) is 0 Å². The fourth-order valence-electron chi connectivity index (χ4n) is 2.43. The highest BCUT2D eigenvalue weighted by Gasteiger charge is 2.24. The molecule has 1 aromatic rings. The van der Waals surface area contributed by atoms with Crippen LogP contribution in [0.15, 0.2) is 24.3 Å². The molecule has 3 N–H and O–H groups in total. The Labute approximate surface area is 104 Å². The molecule has 94 valence electrons. The second kappa shape index (κ2) is 5.65. The smallest absolute Gasteiger partial charge is 0.0830 e. The summed E-state index contributed by atoms with van der Waals surface area (Å²) in [4.78, 5) is 0. The van der Waals surface area contributed by atoms with E-state index < -0.39 is 6.10 Å². The molecule has 2 atom stereocenters. The number of aliphatic hydroxyl groups excluding tert-OH is 1. The molecule has 1 aliphatic rings. The van der Waals surface area contributed by atoms with Crippen molar-refractivity contribution in [2.45, 2.75) is 44.6 Å². The lowest BCUT2D eigenvalue weighted by Crippen LogP contribution is -2.21. The van der Waals surface area contributed by atoms with E-state index in [0.717, 1.165) is 24.3 Å². The van der Waals surface area contributed by atoms with Gasteiger partial charge in [-0.2, -0.15) is 0 Å². The molecule has 0 heterocycles. The highest BCUT2D eigenvalue weighted by molar-refractivity contribution is 5.29. The van der Waals surface area contributed by atoms with Gasteiger partial charge in [-0.25, -0.2) is 0 Å². The summed E-state index contributed by atoms with van der Waals surface area (Å²) in [6.07, 6.45) is 4.29. The first-order valence-corrected chi connectivity index (χ1v) is 6.74. The maximum Gasteiger partial charge on any atom is 0.0830 e. The molecule has 2 heteroatoms. The molecule has 1 saturated carbocycles. The highest BCUT2D eigenvalue weighted by atomic mass is 16.3. The van der Waals surface area contributed by atoms with Gasteiger partial charge in [-0.15, -0.1) is 0 Å². The summed E-state index contributed by atoms with van der Waals surface area (Å²) < 4.78 is 0. The summed E-state index contributed by atoms with van der Waals surface area (Å²) in [5.74, 6) is 0.967. The third-order valence-electron chi connectivity index (χ3n) is 3.74. The molecule has 1 aliphatic carbocycles. The van der Waals surface area contributed by atoms with E-state index in [9.17, 15) is 5.11 Å². The number of nitrogens with two attached hydrogens (primary N) is 1. The number of hydrogen-bond donors (Lipinski definition) is 2. The van der Waals surface area contributed by atoms with Crippen LogP contribution in [0.5, 0.6) is 0 Å². The van der Waals surface area contributed by atoms with E-state index in [1.54, 1.807) is 0 Å². The number of benzene rings is 1. The van der Waals surface area contributed by atoms with Gasteiger partial charge in [0.15, 0.2) is 0 Å². The molecule has 0 spiro atoms. The van der Waals surface area contributed by atoms with Crippen LogP contribution in [0.1, 0.15) is 55.8 Å². The van der Waals surface area contributed by atoms with Crippen LogP contribution >= 0.6 is 0 Å². The molecule has 0 saturated heterocycles. The fraction of sp³-hybridized carbons (Fsp3) is 0.600. The van der Waals surface area contributed by atoms with Crippen molar-refractivity contribution in [3.8, 4) is 0 Å². The second-order valence-corrected chi connectivity index (χ2v) is 5.17. The zero-order chi connectivity index (χ0) is 12.3. The molecule has 0 amide bonds. The largest absolute Gasteiger partial charge is 0.388 e. The van der Waals surface area contributed by atoms with Crippen LogP contribution in [0, 0.1) is 5.92 Å². The van der Waals surface area contributed by atoms with Crippen LogP contribution in [0.4, 0.5) is 0 Å². The number of rotatable bonds is 6. The Bertz CT molecular complexity index is 342. The zero-order valence-electron chi connectivity index (χ0n) is 10.6. The summed E-state index contributed by atoms with van der Waals surface area (Å²) in [6, 6.07) is 8.46. The first kappa shape index (κ1) is 12.6.